The Bertz CT molecular complexity index is 271. The number of hydrogen-bond donors (Lipinski definition) is 1. The lowest BCUT2D eigenvalue weighted by atomic mass is 10.1. The molecule has 70 valence electrons. The number of benzene rings is 1. The summed E-state index contributed by atoms with van der Waals surface area (Å²) >= 11 is 0. The summed E-state index contributed by atoms with van der Waals surface area (Å²) in [6.07, 6.45) is 2.70. The fourth-order valence-electron chi connectivity index (χ4n) is 1.14. The van der Waals surface area contributed by atoms with Crippen LogP contribution < -0.4 is 10.5 Å². The van der Waals surface area contributed by atoms with E-state index in [0.29, 0.717) is 13.2 Å². The van der Waals surface area contributed by atoms with Crippen LogP contribution in [-0.4, -0.2) is 13.2 Å². The van der Waals surface area contributed by atoms with E-state index in [4.69, 9.17) is 10.5 Å². The Hall–Kier alpha value is -1.28. The van der Waals surface area contributed by atoms with Gasteiger partial charge in [-0.25, -0.2) is 0 Å². The van der Waals surface area contributed by atoms with Gasteiger partial charge in [-0.3, -0.25) is 0 Å². The van der Waals surface area contributed by atoms with Crippen molar-refractivity contribution in [2.75, 3.05) is 13.2 Å². The van der Waals surface area contributed by atoms with Crippen molar-refractivity contribution in [3.05, 3.63) is 42.5 Å². The van der Waals surface area contributed by atoms with E-state index in [1.807, 2.05) is 30.3 Å². The van der Waals surface area contributed by atoms with Crippen LogP contribution in [0.5, 0.6) is 5.75 Å². The van der Waals surface area contributed by atoms with E-state index in [-0.39, 0.29) is 0 Å². The third-order valence-corrected chi connectivity index (χ3v) is 1.71. The summed E-state index contributed by atoms with van der Waals surface area (Å²) in [4.78, 5) is 0. The smallest absolute Gasteiger partial charge is 0.122 e. The van der Waals surface area contributed by atoms with Crippen LogP contribution in [-0.2, 0) is 6.42 Å². The molecule has 0 amide bonds. The fraction of sp³-hybridized carbons (Fsp3) is 0.273. The number of nitrogens with two attached hydrogens (primary N) is 1. The number of ether oxygens (including phenoxy) is 1. The van der Waals surface area contributed by atoms with E-state index >= 15 is 0 Å². The Balaban J connectivity index is 2.71. The Labute approximate surface area is 79.0 Å². The quantitative estimate of drug-likeness (QED) is 0.695. The van der Waals surface area contributed by atoms with Crippen LogP contribution in [0.3, 0.4) is 0 Å². The normalized spacial score (nSPS) is 9.62. The maximum atomic E-state index is 5.47. The highest BCUT2D eigenvalue weighted by Gasteiger charge is 1.99. The summed E-state index contributed by atoms with van der Waals surface area (Å²) < 4.78 is 5.47. The first-order chi connectivity index (χ1) is 6.38. The van der Waals surface area contributed by atoms with Gasteiger partial charge in [0, 0.05) is 6.54 Å². The molecule has 0 saturated heterocycles. The van der Waals surface area contributed by atoms with Crippen molar-refractivity contribution in [2.24, 2.45) is 5.73 Å². The largest absolute Gasteiger partial charge is 0.492 e. The zero-order chi connectivity index (χ0) is 9.52. The molecule has 0 unspecified atom stereocenters. The van der Waals surface area contributed by atoms with Gasteiger partial charge in [-0.15, -0.1) is 6.58 Å². The minimum atomic E-state index is 0.544. The average molecular weight is 177 g/mol. The van der Waals surface area contributed by atoms with Crippen LogP contribution in [0.25, 0.3) is 0 Å². The van der Waals surface area contributed by atoms with Crippen LogP contribution >= 0.6 is 0 Å². The van der Waals surface area contributed by atoms with Crippen molar-refractivity contribution in [1.29, 1.82) is 0 Å². The van der Waals surface area contributed by atoms with Crippen molar-refractivity contribution < 1.29 is 4.74 Å². The molecule has 0 aromatic heterocycles. The molecule has 0 bridgehead atoms. The van der Waals surface area contributed by atoms with Gasteiger partial charge >= 0.3 is 0 Å². The minimum absolute atomic E-state index is 0.544. The number of rotatable bonds is 5. The molecule has 0 radical (unpaired) electrons. The molecule has 2 N–H and O–H groups in total. The molecule has 13 heavy (non-hydrogen) atoms. The Morgan fingerprint density at radius 3 is 2.85 bits per heavy atom. The van der Waals surface area contributed by atoms with Gasteiger partial charge in [-0.05, 0) is 18.1 Å². The molecule has 0 aliphatic carbocycles. The molecule has 0 aliphatic rings. The molecule has 0 spiro atoms. The van der Waals surface area contributed by atoms with Gasteiger partial charge < -0.3 is 10.5 Å². The van der Waals surface area contributed by atoms with Gasteiger partial charge in [0.05, 0.1) is 0 Å². The number of allylic oxidation sites excluding steroid dienone is 1. The molecule has 0 fully saturated rings. The van der Waals surface area contributed by atoms with Gasteiger partial charge in [0.1, 0.15) is 12.4 Å². The maximum absolute atomic E-state index is 5.47. The summed E-state index contributed by atoms with van der Waals surface area (Å²) in [5.41, 5.74) is 6.51. The van der Waals surface area contributed by atoms with E-state index in [2.05, 4.69) is 6.58 Å². The first kappa shape index (κ1) is 9.81. The van der Waals surface area contributed by atoms with Crippen LogP contribution in [0.2, 0.25) is 0 Å². The van der Waals surface area contributed by atoms with Crippen LogP contribution in [0, 0.1) is 0 Å². The lowest BCUT2D eigenvalue weighted by Gasteiger charge is -2.08. The zero-order valence-electron chi connectivity index (χ0n) is 7.70. The predicted octanol–water partition coefficient (Wildman–Crippen LogP) is 1.75. The molecule has 0 saturated carbocycles. The molecule has 1 aromatic rings. The van der Waals surface area contributed by atoms with Crippen LogP contribution in [0.15, 0.2) is 36.9 Å². The second kappa shape index (κ2) is 5.38. The SMILES string of the molecule is C=CCc1ccccc1OCCN. The second-order valence-corrected chi connectivity index (χ2v) is 2.74. The molecular weight excluding hydrogens is 162 g/mol. The van der Waals surface area contributed by atoms with Crippen molar-refractivity contribution >= 4 is 0 Å². The van der Waals surface area contributed by atoms with Gasteiger partial charge in [-0.1, -0.05) is 24.3 Å². The zero-order valence-corrected chi connectivity index (χ0v) is 7.70. The molecule has 1 rings (SSSR count). The third-order valence-electron chi connectivity index (χ3n) is 1.71. The van der Waals surface area contributed by atoms with E-state index < -0.39 is 0 Å². The summed E-state index contributed by atoms with van der Waals surface area (Å²) in [7, 11) is 0. The van der Waals surface area contributed by atoms with Gasteiger partial charge in [0.2, 0.25) is 0 Å². The van der Waals surface area contributed by atoms with E-state index in [1.165, 1.54) is 0 Å². The number of hydrogen-bond acceptors (Lipinski definition) is 2. The first-order valence-corrected chi connectivity index (χ1v) is 4.40. The Kier molecular flexibility index (Phi) is 4.06. The molecule has 2 heteroatoms. The van der Waals surface area contributed by atoms with E-state index in [0.717, 1.165) is 17.7 Å². The van der Waals surface area contributed by atoms with Crippen LogP contribution in [0.1, 0.15) is 5.56 Å². The molecule has 1 aromatic carbocycles. The topological polar surface area (TPSA) is 35.2 Å². The first-order valence-electron chi connectivity index (χ1n) is 4.40. The summed E-state index contributed by atoms with van der Waals surface area (Å²) in [6, 6.07) is 7.94. The summed E-state index contributed by atoms with van der Waals surface area (Å²) in [5, 5.41) is 0. The standard InChI is InChI=1S/C11H15NO/c1-2-5-10-6-3-4-7-11(10)13-9-8-12/h2-4,6-7H,1,5,8-9,12H2. The Morgan fingerprint density at radius 1 is 1.38 bits per heavy atom. The Morgan fingerprint density at radius 2 is 2.15 bits per heavy atom. The van der Waals surface area contributed by atoms with Crippen molar-refractivity contribution in [3.8, 4) is 5.75 Å². The van der Waals surface area contributed by atoms with Crippen molar-refractivity contribution in [3.63, 3.8) is 0 Å². The van der Waals surface area contributed by atoms with Gasteiger partial charge in [-0.2, -0.15) is 0 Å². The molecule has 0 heterocycles. The predicted molar refractivity (Wildman–Crippen MR) is 54.9 cm³/mol. The lowest BCUT2D eigenvalue weighted by molar-refractivity contribution is 0.325. The number of para-hydroxylation sites is 1. The maximum Gasteiger partial charge on any atom is 0.122 e. The molecule has 0 aliphatic heterocycles. The summed E-state index contributed by atoms with van der Waals surface area (Å²) in [5.74, 6) is 0.910. The lowest BCUT2D eigenvalue weighted by Crippen LogP contribution is -2.11. The molecule has 0 atom stereocenters. The van der Waals surface area contributed by atoms with Gasteiger partial charge in [0.25, 0.3) is 0 Å². The highest BCUT2D eigenvalue weighted by Crippen LogP contribution is 2.18. The van der Waals surface area contributed by atoms with Gasteiger partial charge in [0.15, 0.2) is 0 Å². The second-order valence-electron chi connectivity index (χ2n) is 2.74. The van der Waals surface area contributed by atoms with Crippen molar-refractivity contribution in [1.82, 2.24) is 0 Å². The molecule has 2 nitrogen and oxygen atoms in total. The van der Waals surface area contributed by atoms with Crippen molar-refractivity contribution in [2.45, 2.75) is 6.42 Å². The summed E-state index contributed by atoms with van der Waals surface area (Å²) in [6.45, 7) is 4.80. The third kappa shape index (κ3) is 2.92. The highest BCUT2D eigenvalue weighted by molar-refractivity contribution is 5.34. The van der Waals surface area contributed by atoms with E-state index in [9.17, 15) is 0 Å². The highest BCUT2D eigenvalue weighted by atomic mass is 16.5. The van der Waals surface area contributed by atoms with Crippen LogP contribution in [0.4, 0.5) is 0 Å². The molecular formula is C11H15NO. The minimum Gasteiger partial charge on any atom is -0.492 e. The monoisotopic (exact) mass is 177 g/mol. The van der Waals surface area contributed by atoms with E-state index in [1.54, 1.807) is 0 Å². The average Bonchev–Trinajstić information content (AvgIpc) is 2.17. The fourth-order valence-corrected chi connectivity index (χ4v) is 1.14.